The summed E-state index contributed by atoms with van der Waals surface area (Å²) in [7, 11) is -3.72. The second-order valence-corrected chi connectivity index (χ2v) is 8.55. The normalized spacial score (nSPS) is 11.3. The fraction of sp³-hybridized carbons (Fsp3) is 0.381. The van der Waals surface area contributed by atoms with Crippen molar-refractivity contribution >= 4 is 21.6 Å². The van der Waals surface area contributed by atoms with Gasteiger partial charge in [-0.05, 0) is 62.6 Å². The van der Waals surface area contributed by atoms with E-state index in [4.69, 9.17) is 0 Å². The van der Waals surface area contributed by atoms with E-state index in [2.05, 4.69) is 17.0 Å². The number of nitrogens with one attached hydrogen (secondary N) is 2. The Morgan fingerprint density at radius 1 is 0.963 bits per heavy atom. The van der Waals surface area contributed by atoms with Crippen molar-refractivity contribution in [1.82, 2.24) is 5.32 Å². The average molecular weight is 389 g/mol. The highest BCUT2D eigenvalue weighted by atomic mass is 32.2. The number of aryl methyl sites for hydroxylation is 3. The lowest BCUT2D eigenvalue weighted by atomic mass is 10.1. The zero-order valence-corrected chi connectivity index (χ0v) is 17.2. The van der Waals surface area contributed by atoms with Gasteiger partial charge < -0.3 is 5.32 Å². The number of benzene rings is 2. The van der Waals surface area contributed by atoms with E-state index >= 15 is 0 Å². The first-order chi connectivity index (χ1) is 12.7. The molecule has 0 aromatic heterocycles. The Morgan fingerprint density at radius 2 is 1.56 bits per heavy atom. The molecule has 27 heavy (non-hydrogen) atoms. The molecule has 2 rings (SSSR count). The Hall–Kier alpha value is -2.34. The van der Waals surface area contributed by atoms with Gasteiger partial charge in [-0.1, -0.05) is 37.5 Å². The smallest absolute Gasteiger partial charge is 0.261 e. The standard InChI is InChI=1S/C21H28N2O3S/c1-5-6-7-12-22-21(24)18-8-10-19(11-9-18)27(25,26)23-20-16(3)13-15(2)14-17(20)4/h8-11,13-14,23H,5-7,12H2,1-4H3,(H,22,24). The number of hydrogen-bond acceptors (Lipinski definition) is 3. The van der Waals surface area contributed by atoms with Crippen LogP contribution in [0.15, 0.2) is 41.3 Å². The zero-order valence-electron chi connectivity index (χ0n) is 16.4. The Bertz CT molecular complexity index is 881. The van der Waals surface area contributed by atoms with E-state index in [0.717, 1.165) is 36.0 Å². The Balaban J connectivity index is 2.12. The molecule has 0 heterocycles. The van der Waals surface area contributed by atoms with E-state index in [9.17, 15) is 13.2 Å². The van der Waals surface area contributed by atoms with Crippen LogP contribution >= 0.6 is 0 Å². The second kappa shape index (κ2) is 9.04. The lowest BCUT2D eigenvalue weighted by Gasteiger charge is -2.14. The van der Waals surface area contributed by atoms with Gasteiger partial charge in [0.25, 0.3) is 15.9 Å². The molecule has 0 saturated heterocycles. The predicted molar refractivity (Wildman–Crippen MR) is 110 cm³/mol. The molecule has 0 aliphatic rings. The molecule has 0 spiro atoms. The predicted octanol–water partition coefficient (Wildman–Crippen LogP) is 4.33. The van der Waals surface area contributed by atoms with Crippen molar-refractivity contribution in [3.8, 4) is 0 Å². The van der Waals surface area contributed by atoms with Crippen molar-refractivity contribution in [1.29, 1.82) is 0 Å². The summed E-state index contributed by atoms with van der Waals surface area (Å²) >= 11 is 0. The molecule has 0 saturated carbocycles. The SMILES string of the molecule is CCCCCNC(=O)c1ccc(S(=O)(=O)Nc2c(C)cc(C)cc2C)cc1. The molecule has 146 valence electrons. The van der Waals surface area contributed by atoms with Crippen LogP contribution in [0.5, 0.6) is 0 Å². The third-order valence-electron chi connectivity index (χ3n) is 4.41. The number of sulfonamides is 1. The van der Waals surface area contributed by atoms with Crippen LogP contribution < -0.4 is 10.0 Å². The van der Waals surface area contributed by atoms with Crippen molar-refractivity contribution < 1.29 is 13.2 Å². The minimum absolute atomic E-state index is 0.129. The van der Waals surface area contributed by atoms with Gasteiger partial charge in [-0.25, -0.2) is 8.42 Å². The summed E-state index contributed by atoms with van der Waals surface area (Å²) in [5.74, 6) is -0.187. The minimum Gasteiger partial charge on any atom is -0.352 e. The maximum absolute atomic E-state index is 12.7. The molecule has 1 amide bonds. The maximum atomic E-state index is 12.7. The van der Waals surface area contributed by atoms with Gasteiger partial charge in [-0.3, -0.25) is 9.52 Å². The van der Waals surface area contributed by atoms with Crippen molar-refractivity contribution in [2.75, 3.05) is 11.3 Å². The van der Waals surface area contributed by atoms with Gasteiger partial charge in [0.05, 0.1) is 10.6 Å². The molecule has 0 radical (unpaired) electrons. The lowest BCUT2D eigenvalue weighted by Crippen LogP contribution is -2.24. The van der Waals surface area contributed by atoms with Crippen molar-refractivity contribution in [2.45, 2.75) is 51.9 Å². The molecule has 0 aliphatic carbocycles. The highest BCUT2D eigenvalue weighted by Gasteiger charge is 2.17. The lowest BCUT2D eigenvalue weighted by molar-refractivity contribution is 0.0953. The van der Waals surface area contributed by atoms with Gasteiger partial charge in [0.15, 0.2) is 0 Å². The summed E-state index contributed by atoms with van der Waals surface area (Å²) in [6, 6.07) is 9.88. The first-order valence-corrected chi connectivity index (χ1v) is 10.7. The van der Waals surface area contributed by atoms with Crippen LogP contribution in [0.25, 0.3) is 0 Å². The maximum Gasteiger partial charge on any atom is 0.261 e. The van der Waals surface area contributed by atoms with E-state index in [1.165, 1.54) is 12.1 Å². The summed E-state index contributed by atoms with van der Waals surface area (Å²) in [6.07, 6.45) is 3.10. The molecule has 0 bridgehead atoms. The number of carbonyl (C=O) groups is 1. The summed E-state index contributed by atoms with van der Waals surface area (Å²) in [4.78, 5) is 12.2. The number of rotatable bonds is 8. The largest absolute Gasteiger partial charge is 0.352 e. The van der Waals surface area contributed by atoms with E-state index in [0.29, 0.717) is 17.8 Å². The number of anilines is 1. The molecule has 0 fully saturated rings. The van der Waals surface area contributed by atoms with Crippen LogP contribution in [0.4, 0.5) is 5.69 Å². The van der Waals surface area contributed by atoms with Crippen molar-refractivity contribution in [2.24, 2.45) is 0 Å². The quantitative estimate of drug-likeness (QED) is 0.661. The summed E-state index contributed by atoms with van der Waals surface area (Å²) in [5, 5.41) is 2.85. The van der Waals surface area contributed by atoms with E-state index < -0.39 is 10.0 Å². The van der Waals surface area contributed by atoms with Gasteiger partial charge >= 0.3 is 0 Å². The summed E-state index contributed by atoms with van der Waals surface area (Å²) in [6.45, 7) is 8.47. The second-order valence-electron chi connectivity index (χ2n) is 6.87. The molecule has 2 aromatic rings. The van der Waals surface area contributed by atoms with E-state index in [1.807, 2.05) is 32.9 Å². The molecular weight excluding hydrogens is 360 g/mol. The molecule has 0 unspecified atom stereocenters. The van der Waals surface area contributed by atoms with Crippen LogP contribution in [0.1, 0.15) is 53.2 Å². The first kappa shape index (κ1) is 21.0. The third kappa shape index (κ3) is 5.57. The van der Waals surface area contributed by atoms with Crippen LogP contribution in [0.2, 0.25) is 0 Å². The minimum atomic E-state index is -3.72. The summed E-state index contributed by atoms with van der Waals surface area (Å²) in [5.41, 5.74) is 3.88. The Morgan fingerprint density at radius 3 is 2.11 bits per heavy atom. The summed E-state index contributed by atoms with van der Waals surface area (Å²) < 4.78 is 28.1. The average Bonchev–Trinajstić information content (AvgIpc) is 2.62. The Kier molecular flexibility index (Phi) is 7.02. The molecular formula is C21H28N2O3S. The monoisotopic (exact) mass is 388 g/mol. The van der Waals surface area contributed by atoms with E-state index in [-0.39, 0.29) is 10.8 Å². The third-order valence-corrected chi connectivity index (χ3v) is 5.77. The molecule has 5 nitrogen and oxygen atoms in total. The topological polar surface area (TPSA) is 75.3 Å². The molecule has 2 N–H and O–H groups in total. The van der Waals surface area contributed by atoms with E-state index in [1.54, 1.807) is 12.1 Å². The number of hydrogen-bond donors (Lipinski definition) is 2. The number of carbonyl (C=O) groups excluding carboxylic acids is 1. The Labute approximate surface area is 162 Å². The number of unbranched alkanes of at least 4 members (excludes halogenated alkanes) is 2. The zero-order chi connectivity index (χ0) is 20.0. The van der Waals surface area contributed by atoms with Crippen molar-refractivity contribution in [3.63, 3.8) is 0 Å². The van der Waals surface area contributed by atoms with Gasteiger partial charge in [0.2, 0.25) is 0 Å². The highest BCUT2D eigenvalue weighted by Crippen LogP contribution is 2.25. The molecule has 2 aromatic carbocycles. The van der Waals surface area contributed by atoms with Gasteiger partial charge in [-0.15, -0.1) is 0 Å². The fourth-order valence-corrected chi connectivity index (χ4v) is 4.20. The van der Waals surface area contributed by atoms with Crippen LogP contribution in [0, 0.1) is 20.8 Å². The molecule has 0 aliphatic heterocycles. The van der Waals surface area contributed by atoms with Crippen molar-refractivity contribution in [3.05, 3.63) is 58.7 Å². The van der Waals surface area contributed by atoms with Crippen LogP contribution in [-0.2, 0) is 10.0 Å². The highest BCUT2D eigenvalue weighted by molar-refractivity contribution is 7.92. The van der Waals surface area contributed by atoms with Crippen LogP contribution in [0.3, 0.4) is 0 Å². The molecule has 6 heteroatoms. The molecule has 0 atom stereocenters. The fourth-order valence-electron chi connectivity index (χ4n) is 3.00. The number of amides is 1. The first-order valence-electron chi connectivity index (χ1n) is 9.23. The van der Waals surface area contributed by atoms with Gasteiger partial charge in [0, 0.05) is 12.1 Å². The van der Waals surface area contributed by atoms with Crippen LogP contribution in [-0.4, -0.2) is 20.9 Å². The van der Waals surface area contributed by atoms with Gasteiger partial charge in [-0.2, -0.15) is 0 Å². The van der Waals surface area contributed by atoms with Gasteiger partial charge in [0.1, 0.15) is 0 Å².